The molecule has 0 radical (unpaired) electrons. The number of amides is 2. The van der Waals surface area contributed by atoms with E-state index in [1.165, 1.54) is 0 Å². The number of benzene rings is 1. The first-order chi connectivity index (χ1) is 11.7. The third-order valence-corrected chi connectivity index (χ3v) is 4.30. The lowest BCUT2D eigenvalue weighted by molar-refractivity contribution is -0.130. The molecule has 0 bridgehead atoms. The lowest BCUT2D eigenvalue weighted by Gasteiger charge is -2.39. The second-order valence-corrected chi connectivity index (χ2v) is 7.39. The standard InChI is InChI=1S/C19H28N2O4/c1-13(22)21-11-10-16(14-6-8-15(24-5)9-7-14)17(12-21)20-18(23)25-19(2,3)4/h6-9,16-17H,10-12H2,1-5H3,(H,20,23)/t16?,17-/m1/s1. The molecule has 138 valence electrons. The number of hydrogen-bond acceptors (Lipinski definition) is 4. The Bertz CT molecular complexity index is 607. The van der Waals surface area contributed by atoms with Crippen molar-refractivity contribution in [1.82, 2.24) is 10.2 Å². The number of ether oxygens (including phenoxy) is 2. The Balaban J connectivity index is 2.16. The molecular weight excluding hydrogens is 320 g/mol. The topological polar surface area (TPSA) is 67.9 Å². The highest BCUT2D eigenvalue weighted by Crippen LogP contribution is 2.30. The fraction of sp³-hybridized carbons (Fsp3) is 0.579. The number of nitrogens with one attached hydrogen (secondary N) is 1. The summed E-state index contributed by atoms with van der Waals surface area (Å²) < 4.78 is 10.6. The minimum atomic E-state index is -0.561. The molecule has 0 aromatic heterocycles. The highest BCUT2D eigenvalue weighted by Gasteiger charge is 2.33. The number of alkyl carbamates (subject to hydrolysis) is 1. The number of rotatable bonds is 3. The summed E-state index contributed by atoms with van der Waals surface area (Å²) in [5.74, 6) is 0.930. The molecule has 1 aliphatic rings. The number of methoxy groups -OCH3 is 1. The van der Waals surface area contributed by atoms with Crippen LogP contribution in [-0.4, -0.2) is 48.7 Å². The zero-order valence-electron chi connectivity index (χ0n) is 15.7. The molecule has 1 saturated heterocycles. The molecule has 0 spiro atoms. The average Bonchev–Trinajstić information content (AvgIpc) is 2.53. The van der Waals surface area contributed by atoms with Gasteiger partial charge in [-0.15, -0.1) is 0 Å². The Morgan fingerprint density at radius 2 is 1.84 bits per heavy atom. The van der Waals surface area contributed by atoms with Crippen molar-refractivity contribution < 1.29 is 19.1 Å². The molecular formula is C19H28N2O4. The van der Waals surface area contributed by atoms with Crippen LogP contribution < -0.4 is 10.1 Å². The van der Waals surface area contributed by atoms with E-state index in [1.807, 2.05) is 45.0 Å². The Labute approximate surface area is 149 Å². The predicted octanol–water partition coefficient (Wildman–Crippen LogP) is 2.92. The smallest absolute Gasteiger partial charge is 0.407 e. The van der Waals surface area contributed by atoms with E-state index < -0.39 is 11.7 Å². The van der Waals surface area contributed by atoms with Gasteiger partial charge < -0.3 is 19.7 Å². The van der Waals surface area contributed by atoms with Crippen molar-refractivity contribution in [1.29, 1.82) is 0 Å². The maximum Gasteiger partial charge on any atom is 0.407 e. The molecule has 6 heteroatoms. The SMILES string of the molecule is COc1ccc(C2CCN(C(C)=O)C[C@H]2NC(=O)OC(C)(C)C)cc1. The lowest BCUT2D eigenvalue weighted by Crippen LogP contribution is -2.53. The van der Waals surface area contributed by atoms with Crippen LogP contribution >= 0.6 is 0 Å². The third kappa shape index (κ3) is 5.37. The highest BCUT2D eigenvalue weighted by atomic mass is 16.6. The number of piperidine rings is 1. The van der Waals surface area contributed by atoms with Crippen LogP contribution in [-0.2, 0) is 9.53 Å². The normalized spacial score (nSPS) is 20.8. The molecule has 1 aromatic rings. The fourth-order valence-corrected chi connectivity index (χ4v) is 3.09. The van der Waals surface area contributed by atoms with E-state index in [4.69, 9.17) is 9.47 Å². The molecule has 25 heavy (non-hydrogen) atoms. The maximum atomic E-state index is 12.2. The molecule has 1 unspecified atom stereocenters. The van der Waals surface area contributed by atoms with Crippen molar-refractivity contribution in [3.05, 3.63) is 29.8 Å². The largest absolute Gasteiger partial charge is 0.497 e. The Morgan fingerprint density at radius 1 is 1.20 bits per heavy atom. The van der Waals surface area contributed by atoms with Crippen molar-refractivity contribution in [3.63, 3.8) is 0 Å². The van der Waals surface area contributed by atoms with Crippen LogP contribution in [0.4, 0.5) is 4.79 Å². The van der Waals surface area contributed by atoms with Crippen LogP contribution in [0, 0.1) is 0 Å². The van der Waals surface area contributed by atoms with Crippen molar-refractivity contribution in [2.75, 3.05) is 20.2 Å². The van der Waals surface area contributed by atoms with Gasteiger partial charge in [-0.2, -0.15) is 0 Å². The molecule has 2 atom stereocenters. The predicted molar refractivity (Wildman–Crippen MR) is 95.8 cm³/mol. The number of carbonyl (C=O) groups excluding carboxylic acids is 2. The first-order valence-corrected chi connectivity index (χ1v) is 8.58. The summed E-state index contributed by atoms with van der Waals surface area (Å²) in [6.45, 7) is 8.20. The van der Waals surface area contributed by atoms with Gasteiger partial charge in [0.15, 0.2) is 0 Å². The summed E-state index contributed by atoms with van der Waals surface area (Å²) in [5, 5.41) is 2.95. The minimum Gasteiger partial charge on any atom is -0.497 e. The zero-order chi connectivity index (χ0) is 18.6. The lowest BCUT2D eigenvalue weighted by atomic mass is 9.85. The molecule has 6 nitrogen and oxygen atoms in total. The fourth-order valence-electron chi connectivity index (χ4n) is 3.09. The van der Waals surface area contributed by atoms with Crippen molar-refractivity contribution >= 4 is 12.0 Å². The molecule has 1 fully saturated rings. The van der Waals surface area contributed by atoms with E-state index in [-0.39, 0.29) is 17.9 Å². The number of likely N-dealkylation sites (tertiary alicyclic amines) is 1. The van der Waals surface area contributed by atoms with E-state index in [0.717, 1.165) is 17.7 Å². The van der Waals surface area contributed by atoms with Gasteiger partial charge >= 0.3 is 6.09 Å². The van der Waals surface area contributed by atoms with Gasteiger partial charge in [0.1, 0.15) is 11.4 Å². The summed E-state index contributed by atoms with van der Waals surface area (Å²) in [6, 6.07) is 7.66. The van der Waals surface area contributed by atoms with Crippen molar-refractivity contribution in [2.24, 2.45) is 0 Å². The molecule has 1 aliphatic heterocycles. The maximum absolute atomic E-state index is 12.2. The first-order valence-electron chi connectivity index (χ1n) is 8.58. The van der Waals surface area contributed by atoms with Crippen molar-refractivity contribution in [2.45, 2.75) is 51.7 Å². The summed E-state index contributed by atoms with van der Waals surface area (Å²) in [6.07, 6.45) is 0.327. The molecule has 0 saturated carbocycles. The van der Waals surface area contributed by atoms with Crippen molar-refractivity contribution in [3.8, 4) is 5.75 Å². The van der Waals surface area contributed by atoms with Crippen LogP contribution in [0.1, 0.15) is 45.6 Å². The molecule has 2 rings (SSSR count). The van der Waals surface area contributed by atoms with Crippen LogP contribution in [0.3, 0.4) is 0 Å². The quantitative estimate of drug-likeness (QED) is 0.912. The van der Waals surface area contributed by atoms with Gasteiger partial charge in [0, 0.05) is 25.9 Å². The number of carbonyl (C=O) groups is 2. The molecule has 0 aliphatic carbocycles. The summed E-state index contributed by atoms with van der Waals surface area (Å²) >= 11 is 0. The van der Waals surface area contributed by atoms with Crippen LogP contribution in [0.25, 0.3) is 0 Å². The van der Waals surface area contributed by atoms with Crippen LogP contribution in [0.2, 0.25) is 0 Å². The second-order valence-electron chi connectivity index (χ2n) is 7.39. The third-order valence-electron chi connectivity index (χ3n) is 4.30. The Kier molecular flexibility index (Phi) is 5.93. The van der Waals surface area contributed by atoms with E-state index in [2.05, 4.69) is 5.32 Å². The van der Waals surface area contributed by atoms with Gasteiger partial charge in [0.25, 0.3) is 0 Å². The first kappa shape index (κ1) is 19.1. The monoisotopic (exact) mass is 348 g/mol. The Hall–Kier alpha value is -2.24. The van der Waals surface area contributed by atoms with Gasteiger partial charge in [-0.3, -0.25) is 4.79 Å². The molecule has 1 aromatic carbocycles. The van der Waals surface area contributed by atoms with E-state index in [9.17, 15) is 9.59 Å². The molecule has 1 N–H and O–H groups in total. The number of hydrogen-bond donors (Lipinski definition) is 1. The van der Waals surface area contributed by atoms with Gasteiger partial charge in [-0.1, -0.05) is 12.1 Å². The molecule has 2 amide bonds. The summed E-state index contributed by atoms with van der Waals surface area (Å²) in [5.41, 5.74) is 0.555. The van der Waals surface area contributed by atoms with Gasteiger partial charge in [-0.25, -0.2) is 4.79 Å². The minimum absolute atomic E-state index is 0.0177. The zero-order valence-corrected chi connectivity index (χ0v) is 15.7. The van der Waals surface area contributed by atoms with Gasteiger partial charge in [0.05, 0.1) is 13.2 Å². The van der Waals surface area contributed by atoms with Crippen LogP contribution in [0.5, 0.6) is 5.75 Å². The van der Waals surface area contributed by atoms with Gasteiger partial charge in [0.2, 0.25) is 5.91 Å². The van der Waals surface area contributed by atoms with Gasteiger partial charge in [-0.05, 0) is 44.9 Å². The van der Waals surface area contributed by atoms with E-state index in [0.29, 0.717) is 13.1 Å². The van der Waals surface area contributed by atoms with E-state index >= 15 is 0 Å². The summed E-state index contributed by atoms with van der Waals surface area (Å²) in [4.78, 5) is 25.7. The van der Waals surface area contributed by atoms with E-state index in [1.54, 1.807) is 18.9 Å². The highest BCUT2D eigenvalue weighted by molar-refractivity contribution is 5.74. The molecule has 1 heterocycles. The van der Waals surface area contributed by atoms with Crippen LogP contribution in [0.15, 0.2) is 24.3 Å². The second kappa shape index (κ2) is 7.76. The number of nitrogens with zero attached hydrogens (tertiary/aromatic N) is 1. The summed E-state index contributed by atoms with van der Waals surface area (Å²) in [7, 11) is 1.63. The Morgan fingerprint density at radius 3 is 2.36 bits per heavy atom. The average molecular weight is 348 g/mol.